The van der Waals surface area contributed by atoms with E-state index in [0.29, 0.717) is 11.4 Å². The van der Waals surface area contributed by atoms with Crippen molar-refractivity contribution in [3.63, 3.8) is 0 Å². The molecule has 2 amide bonds. The Labute approximate surface area is 249 Å². The van der Waals surface area contributed by atoms with E-state index in [1.165, 1.54) is 9.21 Å². The molecule has 0 heterocycles. The van der Waals surface area contributed by atoms with Gasteiger partial charge in [-0.15, -0.1) is 0 Å². The quantitative estimate of drug-likeness (QED) is 0.327. The number of ether oxygens (including phenoxy) is 1. The zero-order valence-electron chi connectivity index (χ0n) is 25.1. The maximum atomic E-state index is 14.2. The Morgan fingerprint density at radius 2 is 1.60 bits per heavy atom. The molecule has 4 rings (SSSR count). The highest BCUT2D eigenvalue weighted by Crippen LogP contribution is 2.29. The van der Waals surface area contributed by atoms with Gasteiger partial charge in [0.1, 0.15) is 18.3 Å². The number of benzene rings is 3. The average molecular weight is 592 g/mol. The molecule has 0 aromatic heterocycles. The zero-order chi connectivity index (χ0) is 30.4. The molecule has 1 unspecified atom stereocenters. The summed E-state index contributed by atoms with van der Waals surface area (Å²) in [6.07, 6.45) is 3.96. The molecule has 224 valence electrons. The first-order valence-electron chi connectivity index (χ1n) is 14.4. The van der Waals surface area contributed by atoms with Crippen LogP contribution in [-0.4, -0.2) is 50.9 Å². The third kappa shape index (κ3) is 7.13. The van der Waals surface area contributed by atoms with Gasteiger partial charge >= 0.3 is 0 Å². The van der Waals surface area contributed by atoms with E-state index in [4.69, 9.17) is 4.74 Å². The van der Waals surface area contributed by atoms with Crippen LogP contribution in [0.3, 0.4) is 0 Å². The summed E-state index contributed by atoms with van der Waals surface area (Å²) in [5.74, 6) is -0.0473. The molecule has 8 nitrogen and oxygen atoms in total. The van der Waals surface area contributed by atoms with E-state index >= 15 is 0 Å². The van der Waals surface area contributed by atoms with Crippen molar-refractivity contribution in [2.24, 2.45) is 0 Å². The first-order valence-corrected chi connectivity index (χ1v) is 15.8. The predicted octanol–water partition coefficient (Wildman–Crippen LogP) is 5.29. The van der Waals surface area contributed by atoms with Gasteiger partial charge in [0.25, 0.3) is 10.0 Å². The minimum atomic E-state index is -4.12. The molecule has 1 fully saturated rings. The maximum absolute atomic E-state index is 14.2. The van der Waals surface area contributed by atoms with Gasteiger partial charge < -0.3 is 15.0 Å². The van der Waals surface area contributed by atoms with Gasteiger partial charge in [-0.1, -0.05) is 54.8 Å². The minimum absolute atomic E-state index is 0.0891. The van der Waals surface area contributed by atoms with Crippen LogP contribution < -0.4 is 14.4 Å². The van der Waals surface area contributed by atoms with Gasteiger partial charge in [0.15, 0.2) is 0 Å². The molecule has 42 heavy (non-hydrogen) atoms. The van der Waals surface area contributed by atoms with Crippen molar-refractivity contribution >= 4 is 27.5 Å². The second-order valence-electron chi connectivity index (χ2n) is 11.1. The number of anilines is 1. The fourth-order valence-electron chi connectivity index (χ4n) is 5.26. The normalized spacial score (nSPS) is 14.3. The molecule has 1 saturated carbocycles. The molecule has 0 bridgehead atoms. The predicted molar refractivity (Wildman–Crippen MR) is 165 cm³/mol. The van der Waals surface area contributed by atoms with Crippen molar-refractivity contribution in [2.75, 3.05) is 18.0 Å². The van der Waals surface area contributed by atoms with Crippen LogP contribution in [0, 0.1) is 20.8 Å². The number of sulfonamides is 1. The molecular formula is C33H41N3O5S. The second-order valence-corrected chi connectivity index (χ2v) is 12.9. The van der Waals surface area contributed by atoms with E-state index < -0.39 is 28.5 Å². The van der Waals surface area contributed by atoms with Crippen molar-refractivity contribution in [3.8, 4) is 5.75 Å². The topological polar surface area (TPSA) is 96.0 Å². The molecule has 0 spiro atoms. The lowest BCUT2D eigenvalue weighted by molar-refractivity contribution is -0.139. The van der Waals surface area contributed by atoms with Gasteiger partial charge in [0, 0.05) is 12.6 Å². The molecule has 1 aliphatic rings. The summed E-state index contributed by atoms with van der Waals surface area (Å²) in [4.78, 5) is 29.1. The van der Waals surface area contributed by atoms with E-state index in [0.717, 1.165) is 47.9 Å². The lowest BCUT2D eigenvalue weighted by atomic mass is 10.1. The number of rotatable bonds is 11. The Morgan fingerprint density at radius 1 is 0.952 bits per heavy atom. The zero-order valence-corrected chi connectivity index (χ0v) is 25.9. The Bertz CT molecular complexity index is 1500. The number of nitrogens with one attached hydrogen (secondary N) is 1. The number of hydrogen-bond acceptors (Lipinski definition) is 5. The molecule has 0 saturated heterocycles. The molecule has 1 atom stereocenters. The molecule has 3 aromatic carbocycles. The van der Waals surface area contributed by atoms with Crippen molar-refractivity contribution < 1.29 is 22.7 Å². The Morgan fingerprint density at radius 3 is 2.21 bits per heavy atom. The van der Waals surface area contributed by atoms with E-state index in [9.17, 15) is 18.0 Å². The van der Waals surface area contributed by atoms with E-state index in [1.807, 2.05) is 39.0 Å². The molecule has 3 aromatic rings. The fraction of sp³-hybridized carbons (Fsp3) is 0.394. The number of carbonyl (C=O) groups is 2. The van der Waals surface area contributed by atoms with Gasteiger partial charge in [-0.2, -0.15) is 0 Å². The van der Waals surface area contributed by atoms with Gasteiger partial charge in [-0.3, -0.25) is 13.9 Å². The van der Waals surface area contributed by atoms with Crippen LogP contribution >= 0.6 is 0 Å². The van der Waals surface area contributed by atoms with Crippen LogP contribution in [0.1, 0.15) is 54.9 Å². The van der Waals surface area contributed by atoms with Crippen LogP contribution in [0.4, 0.5) is 5.69 Å². The monoisotopic (exact) mass is 591 g/mol. The lowest BCUT2D eigenvalue weighted by Crippen LogP contribution is -2.52. The van der Waals surface area contributed by atoms with Crippen LogP contribution in [0.2, 0.25) is 0 Å². The maximum Gasteiger partial charge on any atom is 0.264 e. The van der Waals surface area contributed by atoms with Gasteiger partial charge in [0.2, 0.25) is 11.8 Å². The number of nitrogens with zero attached hydrogens (tertiary/aromatic N) is 2. The number of amides is 2. The van der Waals surface area contributed by atoms with Crippen molar-refractivity contribution in [2.45, 2.75) is 76.9 Å². The Kier molecular flexibility index (Phi) is 9.93. The van der Waals surface area contributed by atoms with Crippen LogP contribution in [0.5, 0.6) is 5.75 Å². The molecule has 0 aliphatic heterocycles. The van der Waals surface area contributed by atoms with E-state index in [-0.39, 0.29) is 23.4 Å². The summed E-state index contributed by atoms with van der Waals surface area (Å²) in [6.45, 7) is 7.01. The molecule has 1 aliphatic carbocycles. The van der Waals surface area contributed by atoms with Gasteiger partial charge in [0.05, 0.1) is 17.7 Å². The summed E-state index contributed by atoms with van der Waals surface area (Å²) in [5.41, 5.74) is 3.81. The number of aryl methyl sites for hydroxylation is 2. The average Bonchev–Trinajstić information content (AvgIpc) is 3.49. The van der Waals surface area contributed by atoms with E-state index in [1.54, 1.807) is 62.6 Å². The Hall–Kier alpha value is -3.85. The number of hydrogen-bond donors (Lipinski definition) is 1. The van der Waals surface area contributed by atoms with Crippen molar-refractivity contribution in [1.82, 2.24) is 10.2 Å². The molecular weight excluding hydrogens is 550 g/mol. The summed E-state index contributed by atoms with van der Waals surface area (Å²) in [7, 11) is -2.54. The summed E-state index contributed by atoms with van der Waals surface area (Å²) in [5, 5.41) is 3.10. The van der Waals surface area contributed by atoms with Crippen molar-refractivity contribution in [3.05, 3.63) is 89.0 Å². The third-order valence-corrected chi connectivity index (χ3v) is 9.89. The van der Waals surface area contributed by atoms with Crippen LogP contribution in [0.15, 0.2) is 71.6 Å². The summed E-state index contributed by atoms with van der Waals surface area (Å²) >= 11 is 0. The molecule has 9 heteroatoms. The Balaban J connectivity index is 1.71. The highest BCUT2D eigenvalue weighted by molar-refractivity contribution is 7.92. The second kappa shape index (κ2) is 13.4. The minimum Gasteiger partial charge on any atom is -0.497 e. The lowest BCUT2D eigenvalue weighted by Gasteiger charge is -2.33. The van der Waals surface area contributed by atoms with Crippen molar-refractivity contribution in [1.29, 1.82) is 0 Å². The fourth-order valence-corrected chi connectivity index (χ4v) is 6.73. The largest absolute Gasteiger partial charge is 0.497 e. The van der Waals surface area contributed by atoms with E-state index in [2.05, 4.69) is 5.32 Å². The molecule has 0 radical (unpaired) electrons. The summed E-state index contributed by atoms with van der Waals surface area (Å²) < 4.78 is 34.6. The number of methoxy groups -OCH3 is 1. The smallest absolute Gasteiger partial charge is 0.264 e. The first-order chi connectivity index (χ1) is 20.0. The first kappa shape index (κ1) is 31.1. The highest BCUT2D eigenvalue weighted by atomic mass is 32.2. The molecule has 1 N–H and O–H groups in total. The summed E-state index contributed by atoms with van der Waals surface area (Å²) in [6, 6.07) is 18.5. The van der Waals surface area contributed by atoms with Gasteiger partial charge in [-0.25, -0.2) is 8.42 Å². The van der Waals surface area contributed by atoms with Gasteiger partial charge in [-0.05, 0) is 87.6 Å². The van der Waals surface area contributed by atoms with Crippen LogP contribution in [0.25, 0.3) is 0 Å². The SMILES string of the molecule is COc1ccc(CN(C(=O)CN(c2cccc(C)c2C)S(=O)(=O)c2ccc(C)cc2)C(C)C(=O)NC2CCCC2)cc1. The van der Waals surface area contributed by atoms with Crippen LogP contribution in [-0.2, 0) is 26.2 Å². The highest BCUT2D eigenvalue weighted by Gasteiger charge is 2.34. The standard InChI is InChI=1S/C33H41N3O5S/c1-23-13-19-30(20-14-23)42(39,40)36(31-12-8-9-24(2)25(31)3)22-32(37)35(21-27-15-17-29(41-5)18-16-27)26(4)33(38)34-28-10-6-7-11-28/h8-9,12-20,26,28H,6-7,10-11,21-22H2,1-5H3,(H,34,38). The third-order valence-electron chi connectivity index (χ3n) is 8.11. The number of carbonyl (C=O) groups excluding carboxylic acids is 2.